The van der Waals surface area contributed by atoms with Crippen molar-refractivity contribution in [1.82, 2.24) is 20.3 Å². The molecule has 2 N–H and O–H groups in total. The summed E-state index contributed by atoms with van der Waals surface area (Å²) in [6.07, 6.45) is -4.98. The first kappa shape index (κ1) is 24.6. The quantitative estimate of drug-likeness (QED) is 0.554. The normalized spacial score (nSPS) is 11.4. The molecule has 0 aliphatic heterocycles. The molecule has 2 aromatic heterocycles. The summed E-state index contributed by atoms with van der Waals surface area (Å²) in [5.74, 6) is -2.71. The monoisotopic (exact) mass is 479 g/mol. The van der Waals surface area contributed by atoms with E-state index < -0.39 is 50.2 Å². The summed E-state index contributed by atoms with van der Waals surface area (Å²) in [4.78, 5) is 34.5. The predicted molar refractivity (Wildman–Crippen MR) is 99.9 cm³/mol. The Hall–Kier alpha value is -3.69. The van der Waals surface area contributed by atoms with E-state index in [0.29, 0.717) is 12.1 Å². The summed E-state index contributed by atoms with van der Waals surface area (Å²) in [6.45, 7) is 0. The lowest BCUT2D eigenvalue weighted by molar-refractivity contribution is -0.141. The second-order valence-electron chi connectivity index (χ2n) is 5.70. The van der Waals surface area contributed by atoms with E-state index in [1.165, 1.54) is 20.3 Å². The molecule has 0 unspecified atom stereocenters. The second kappa shape index (κ2) is 9.63. The van der Waals surface area contributed by atoms with Gasteiger partial charge in [0.15, 0.2) is 5.03 Å². The number of hydrogen-bond acceptors (Lipinski definition) is 10. The van der Waals surface area contributed by atoms with Gasteiger partial charge in [0.1, 0.15) is 11.6 Å². The number of sulfone groups is 1. The number of ether oxygens (including phenoxy) is 3. The average Bonchev–Trinajstić information content (AvgIpc) is 2.75. The number of carbonyl (C=O) groups is 2. The van der Waals surface area contributed by atoms with Crippen LogP contribution in [0.2, 0.25) is 0 Å². The minimum absolute atomic E-state index is 0.0238. The predicted octanol–water partition coefficient (Wildman–Crippen LogP) is 1.25. The van der Waals surface area contributed by atoms with Gasteiger partial charge in [-0.2, -0.15) is 23.1 Å². The number of alkyl halides is 3. The van der Waals surface area contributed by atoms with E-state index in [4.69, 9.17) is 9.47 Å². The first-order valence-corrected chi connectivity index (χ1v) is 9.97. The zero-order valence-electron chi connectivity index (χ0n) is 16.7. The standard InChI is InChI=1S/C16H16F3N5O7S/c1-29-10-6-11(30-2)23-14(22-10)24-15(26)20-7-32(27,28)12-8(13(25)31-3)4-5-9(21-12)16(17,18)19/h4-6H,7H2,1-3H3,(H2,20,22,23,24,26). The van der Waals surface area contributed by atoms with E-state index in [9.17, 15) is 31.2 Å². The fraction of sp³-hybridized carbons (Fsp3) is 0.312. The molecular weight excluding hydrogens is 463 g/mol. The van der Waals surface area contributed by atoms with Crippen LogP contribution in [0, 0.1) is 0 Å². The number of urea groups is 1. The summed E-state index contributed by atoms with van der Waals surface area (Å²) in [7, 11) is -1.23. The number of hydrogen-bond donors (Lipinski definition) is 2. The molecule has 2 amide bonds. The number of carbonyl (C=O) groups excluding carboxylic acids is 2. The maximum atomic E-state index is 13.0. The van der Waals surface area contributed by atoms with Crippen molar-refractivity contribution in [2.45, 2.75) is 11.2 Å². The lowest BCUT2D eigenvalue weighted by Gasteiger charge is -2.13. The molecule has 32 heavy (non-hydrogen) atoms. The van der Waals surface area contributed by atoms with E-state index >= 15 is 0 Å². The van der Waals surface area contributed by atoms with Crippen LogP contribution in [0.1, 0.15) is 16.1 Å². The van der Waals surface area contributed by atoms with Gasteiger partial charge in [-0.1, -0.05) is 0 Å². The fourth-order valence-corrected chi connectivity index (χ4v) is 3.33. The van der Waals surface area contributed by atoms with Gasteiger partial charge < -0.3 is 19.5 Å². The second-order valence-corrected chi connectivity index (χ2v) is 7.61. The summed E-state index contributed by atoms with van der Waals surface area (Å²) in [6, 6.07) is 1.22. The fourth-order valence-electron chi connectivity index (χ4n) is 2.14. The molecule has 0 radical (unpaired) electrons. The molecule has 16 heteroatoms. The molecule has 0 bridgehead atoms. The molecule has 2 rings (SSSR count). The van der Waals surface area contributed by atoms with Gasteiger partial charge in [0.25, 0.3) is 0 Å². The van der Waals surface area contributed by atoms with Crippen LogP contribution in [0.15, 0.2) is 23.2 Å². The number of rotatable bonds is 7. The number of aromatic nitrogens is 3. The van der Waals surface area contributed by atoms with Crippen LogP contribution >= 0.6 is 0 Å². The van der Waals surface area contributed by atoms with Gasteiger partial charge in [-0.15, -0.1) is 0 Å². The average molecular weight is 479 g/mol. The number of methoxy groups -OCH3 is 3. The topological polar surface area (TPSA) is 159 Å². The Balaban J connectivity index is 2.26. The number of pyridine rings is 1. The van der Waals surface area contributed by atoms with E-state index in [1.807, 2.05) is 5.32 Å². The van der Waals surface area contributed by atoms with Gasteiger partial charge >= 0.3 is 18.2 Å². The van der Waals surface area contributed by atoms with Crippen molar-refractivity contribution in [2.75, 3.05) is 32.5 Å². The molecule has 2 aromatic rings. The number of esters is 1. The van der Waals surface area contributed by atoms with Gasteiger partial charge in [0.05, 0.1) is 33.0 Å². The van der Waals surface area contributed by atoms with Crippen molar-refractivity contribution in [2.24, 2.45) is 0 Å². The van der Waals surface area contributed by atoms with Gasteiger partial charge in [-0.25, -0.2) is 23.0 Å². The zero-order valence-corrected chi connectivity index (χ0v) is 17.5. The van der Waals surface area contributed by atoms with Crippen molar-refractivity contribution in [3.8, 4) is 11.8 Å². The Morgan fingerprint density at radius 3 is 2.12 bits per heavy atom. The first-order chi connectivity index (χ1) is 14.9. The Morgan fingerprint density at radius 1 is 1.03 bits per heavy atom. The third kappa shape index (κ3) is 5.93. The summed E-state index contributed by atoms with van der Waals surface area (Å²) in [5.41, 5.74) is -2.28. The molecule has 0 aliphatic rings. The SMILES string of the molecule is COC(=O)c1ccc(C(F)(F)F)nc1S(=O)(=O)CNC(=O)Nc1nc(OC)cc(OC)n1. The number of anilines is 1. The largest absolute Gasteiger partial charge is 0.481 e. The molecule has 2 heterocycles. The summed E-state index contributed by atoms with van der Waals surface area (Å²) >= 11 is 0. The van der Waals surface area contributed by atoms with Crippen LogP contribution in [-0.4, -0.2) is 62.6 Å². The van der Waals surface area contributed by atoms with Gasteiger partial charge in [-0.05, 0) is 12.1 Å². The molecule has 0 fully saturated rings. The van der Waals surface area contributed by atoms with E-state index in [-0.39, 0.29) is 17.7 Å². The molecule has 0 saturated carbocycles. The summed E-state index contributed by atoms with van der Waals surface area (Å²) < 4.78 is 78.2. The Bertz CT molecular complexity index is 1100. The van der Waals surface area contributed by atoms with E-state index in [0.717, 1.165) is 7.11 Å². The first-order valence-electron chi connectivity index (χ1n) is 8.32. The molecule has 0 saturated heterocycles. The highest BCUT2D eigenvalue weighted by atomic mass is 32.2. The molecule has 174 valence electrons. The third-order valence-corrected chi connectivity index (χ3v) is 5.02. The molecule has 0 aromatic carbocycles. The van der Waals surface area contributed by atoms with Gasteiger partial charge in [0, 0.05) is 0 Å². The van der Waals surface area contributed by atoms with Crippen LogP contribution in [-0.2, 0) is 20.8 Å². The summed E-state index contributed by atoms with van der Waals surface area (Å²) in [5, 5.41) is 2.82. The molecule has 12 nitrogen and oxygen atoms in total. The Labute approximate surface area is 179 Å². The number of nitrogens with one attached hydrogen (secondary N) is 2. The van der Waals surface area contributed by atoms with Crippen molar-refractivity contribution >= 4 is 27.8 Å². The maximum absolute atomic E-state index is 13.0. The molecule has 0 atom stereocenters. The third-order valence-electron chi connectivity index (χ3n) is 3.60. The van der Waals surface area contributed by atoms with Crippen LogP contribution in [0.4, 0.5) is 23.9 Å². The molecule has 0 aliphatic carbocycles. The minimum Gasteiger partial charge on any atom is -0.481 e. The van der Waals surface area contributed by atoms with Crippen molar-refractivity contribution in [3.63, 3.8) is 0 Å². The van der Waals surface area contributed by atoms with Crippen LogP contribution in [0.25, 0.3) is 0 Å². The minimum atomic E-state index is -4.98. The van der Waals surface area contributed by atoms with Crippen molar-refractivity contribution in [1.29, 1.82) is 0 Å². The number of halogens is 3. The number of amides is 2. The Kier molecular flexibility index (Phi) is 7.40. The highest BCUT2D eigenvalue weighted by molar-refractivity contribution is 7.91. The van der Waals surface area contributed by atoms with Crippen molar-refractivity contribution < 1.29 is 45.4 Å². The highest BCUT2D eigenvalue weighted by Gasteiger charge is 2.36. The number of nitrogens with zero attached hydrogens (tertiary/aromatic N) is 3. The maximum Gasteiger partial charge on any atom is 0.433 e. The van der Waals surface area contributed by atoms with Crippen molar-refractivity contribution in [3.05, 3.63) is 29.5 Å². The van der Waals surface area contributed by atoms with Crippen LogP contribution < -0.4 is 20.1 Å². The Morgan fingerprint density at radius 2 is 1.62 bits per heavy atom. The molecule has 0 spiro atoms. The van der Waals surface area contributed by atoms with E-state index in [1.54, 1.807) is 0 Å². The molecular formula is C16H16F3N5O7S. The van der Waals surface area contributed by atoms with Gasteiger partial charge in [-0.3, -0.25) is 5.32 Å². The van der Waals surface area contributed by atoms with Crippen LogP contribution in [0.5, 0.6) is 11.8 Å². The van der Waals surface area contributed by atoms with Gasteiger partial charge in [0.2, 0.25) is 27.5 Å². The highest BCUT2D eigenvalue weighted by Crippen LogP contribution is 2.29. The smallest absolute Gasteiger partial charge is 0.433 e. The lowest BCUT2D eigenvalue weighted by atomic mass is 10.2. The van der Waals surface area contributed by atoms with Crippen LogP contribution in [0.3, 0.4) is 0 Å². The lowest BCUT2D eigenvalue weighted by Crippen LogP contribution is -2.35. The van der Waals surface area contributed by atoms with E-state index in [2.05, 4.69) is 25.0 Å². The zero-order chi connectivity index (χ0) is 24.1.